The Kier molecular flexibility index (Phi) is 3.83. The molecule has 1 aromatic carbocycles. The van der Waals surface area contributed by atoms with Crippen LogP contribution in [0.15, 0.2) is 16.7 Å². The second-order valence-corrected chi connectivity index (χ2v) is 4.14. The first-order chi connectivity index (χ1) is 9.47. The molecule has 0 fully saturated rings. The predicted octanol–water partition coefficient (Wildman–Crippen LogP) is 1.45. The third-order valence-corrected chi connectivity index (χ3v) is 2.59. The number of nitrogens with two attached hydrogens (primary N) is 1. The number of halogens is 1. The van der Waals surface area contributed by atoms with E-state index < -0.39 is 11.8 Å². The molecule has 0 unspecified atom stereocenters. The summed E-state index contributed by atoms with van der Waals surface area (Å²) in [6.07, 6.45) is 0.396. The molecule has 0 spiro atoms. The minimum atomic E-state index is -1.21. The van der Waals surface area contributed by atoms with Gasteiger partial charge in [0.2, 0.25) is 5.89 Å². The van der Waals surface area contributed by atoms with Gasteiger partial charge in [0.05, 0.1) is 11.3 Å². The molecule has 0 aliphatic rings. The molecule has 0 amide bonds. The number of rotatable bonds is 5. The smallest absolute Gasteiger partial charge is 0.337 e. The van der Waals surface area contributed by atoms with Gasteiger partial charge in [-0.3, -0.25) is 0 Å². The van der Waals surface area contributed by atoms with Crippen molar-refractivity contribution in [2.45, 2.75) is 13.3 Å². The quantitative estimate of drug-likeness (QED) is 0.710. The van der Waals surface area contributed by atoms with Crippen molar-refractivity contribution in [3.8, 4) is 0 Å². The van der Waals surface area contributed by atoms with Gasteiger partial charge in [-0.25, -0.2) is 9.18 Å². The molecule has 20 heavy (non-hydrogen) atoms. The molecule has 0 saturated heterocycles. The number of benzene rings is 1. The normalized spacial score (nSPS) is 10.5. The predicted molar refractivity (Wildman–Crippen MR) is 69.0 cm³/mol. The minimum absolute atomic E-state index is 0.0628. The van der Waals surface area contributed by atoms with Crippen LogP contribution in [0.1, 0.15) is 22.1 Å². The Bertz CT molecular complexity index is 642. The van der Waals surface area contributed by atoms with Crippen molar-refractivity contribution in [3.63, 3.8) is 0 Å². The van der Waals surface area contributed by atoms with Gasteiger partial charge in [0.25, 0.3) is 0 Å². The van der Waals surface area contributed by atoms with E-state index in [0.29, 0.717) is 24.7 Å². The Morgan fingerprint density at radius 1 is 1.55 bits per heavy atom. The van der Waals surface area contributed by atoms with Gasteiger partial charge in [-0.2, -0.15) is 4.98 Å². The number of nitrogens with one attached hydrogen (secondary N) is 1. The zero-order valence-corrected chi connectivity index (χ0v) is 10.7. The first-order valence-corrected chi connectivity index (χ1v) is 5.82. The Balaban J connectivity index is 2.05. The summed E-state index contributed by atoms with van der Waals surface area (Å²) in [5.74, 6) is -0.886. The average molecular weight is 280 g/mol. The maximum atomic E-state index is 13.6. The molecule has 4 N–H and O–H groups in total. The molecule has 0 atom stereocenters. The zero-order valence-electron chi connectivity index (χ0n) is 10.7. The maximum absolute atomic E-state index is 13.6. The summed E-state index contributed by atoms with van der Waals surface area (Å²) >= 11 is 0. The lowest BCUT2D eigenvalue weighted by atomic mass is 10.1. The zero-order chi connectivity index (χ0) is 14.7. The molecule has 0 bridgehead atoms. The van der Waals surface area contributed by atoms with E-state index in [0.717, 1.165) is 12.1 Å². The Morgan fingerprint density at radius 3 is 2.90 bits per heavy atom. The van der Waals surface area contributed by atoms with Crippen LogP contribution in [0.3, 0.4) is 0 Å². The number of carboxylic acid groups (broad SMARTS) is 1. The standard InChI is InChI=1S/C12H13FN4O3/c1-6-16-11(20-17-6)2-3-15-10-4-7(12(18)19)9(14)5-8(10)13/h4-5,15H,2-3,14H2,1H3,(H,18,19). The van der Waals surface area contributed by atoms with Crippen LogP contribution in [0.2, 0.25) is 0 Å². The van der Waals surface area contributed by atoms with Crippen LogP contribution in [0, 0.1) is 12.7 Å². The highest BCUT2D eigenvalue weighted by molar-refractivity contribution is 5.94. The first kappa shape index (κ1) is 13.8. The molecule has 0 saturated carbocycles. The molecule has 106 valence electrons. The lowest BCUT2D eigenvalue weighted by Gasteiger charge is -2.09. The molecule has 7 nitrogen and oxygen atoms in total. The second-order valence-electron chi connectivity index (χ2n) is 4.14. The van der Waals surface area contributed by atoms with Gasteiger partial charge in [0.1, 0.15) is 5.82 Å². The third kappa shape index (κ3) is 3.02. The summed E-state index contributed by atoms with van der Waals surface area (Å²) in [7, 11) is 0. The summed E-state index contributed by atoms with van der Waals surface area (Å²) in [4.78, 5) is 14.9. The minimum Gasteiger partial charge on any atom is -0.478 e. The number of nitrogens with zero attached hydrogens (tertiary/aromatic N) is 2. The van der Waals surface area contributed by atoms with Gasteiger partial charge < -0.3 is 20.7 Å². The summed E-state index contributed by atoms with van der Waals surface area (Å²) in [5, 5.41) is 15.3. The van der Waals surface area contributed by atoms with Crippen LogP contribution in [-0.2, 0) is 6.42 Å². The van der Waals surface area contributed by atoms with Crippen LogP contribution in [0.25, 0.3) is 0 Å². The van der Waals surface area contributed by atoms with Crippen molar-refractivity contribution in [2.75, 3.05) is 17.6 Å². The molecule has 1 heterocycles. The number of carbonyl (C=O) groups is 1. The van der Waals surface area contributed by atoms with Crippen LogP contribution >= 0.6 is 0 Å². The highest BCUT2D eigenvalue weighted by Gasteiger charge is 2.13. The summed E-state index contributed by atoms with van der Waals surface area (Å²) in [6.45, 7) is 2.01. The van der Waals surface area contributed by atoms with Crippen molar-refractivity contribution < 1.29 is 18.8 Å². The fraction of sp³-hybridized carbons (Fsp3) is 0.250. The molecule has 0 radical (unpaired) electrons. The number of nitrogen functional groups attached to an aromatic ring is 1. The number of aryl methyl sites for hydroxylation is 1. The largest absolute Gasteiger partial charge is 0.478 e. The van der Waals surface area contributed by atoms with Crippen molar-refractivity contribution >= 4 is 17.3 Å². The molecule has 0 aliphatic carbocycles. The van der Waals surface area contributed by atoms with Gasteiger partial charge in [-0.1, -0.05) is 5.16 Å². The summed E-state index contributed by atoms with van der Waals surface area (Å²) in [6, 6.07) is 2.13. The Morgan fingerprint density at radius 2 is 2.30 bits per heavy atom. The SMILES string of the molecule is Cc1noc(CCNc2cc(C(=O)O)c(N)cc2F)n1. The van der Waals surface area contributed by atoms with Gasteiger partial charge in [-0.05, 0) is 19.1 Å². The number of hydrogen-bond donors (Lipinski definition) is 3. The number of aromatic nitrogens is 2. The van der Waals surface area contributed by atoms with Crippen LogP contribution in [-0.4, -0.2) is 27.8 Å². The van der Waals surface area contributed by atoms with Gasteiger partial charge in [0.15, 0.2) is 5.82 Å². The van der Waals surface area contributed by atoms with Crippen molar-refractivity contribution in [1.29, 1.82) is 0 Å². The lowest BCUT2D eigenvalue weighted by molar-refractivity contribution is 0.0698. The van der Waals surface area contributed by atoms with Crippen molar-refractivity contribution in [1.82, 2.24) is 10.1 Å². The summed E-state index contributed by atoms with van der Waals surface area (Å²) < 4.78 is 18.5. The van der Waals surface area contributed by atoms with Crippen molar-refractivity contribution in [3.05, 3.63) is 35.2 Å². The fourth-order valence-corrected chi connectivity index (χ4v) is 1.66. The number of aromatic carboxylic acids is 1. The van der Waals surface area contributed by atoms with E-state index in [2.05, 4.69) is 15.5 Å². The number of anilines is 2. The average Bonchev–Trinajstić information content (AvgIpc) is 2.77. The molecular weight excluding hydrogens is 267 g/mol. The Labute approximate surface area is 113 Å². The molecule has 2 aromatic rings. The van der Waals surface area contributed by atoms with E-state index in [1.54, 1.807) is 6.92 Å². The van der Waals surface area contributed by atoms with E-state index in [4.69, 9.17) is 15.4 Å². The molecular formula is C12H13FN4O3. The van der Waals surface area contributed by atoms with E-state index in [1.165, 1.54) is 0 Å². The lowest BCUT2D eigenvalue weighted by Crippen LogP contribution is -2.10. The molecule has 1 aromatic heterocycles. The summed E-state index contributed by atoms with van der Waals surface area (Å²) in [5.41, 5.74) is 5.23. The van der Waals surface area contributed by atoms with E-state index in [-0.39, 0.29) is 16.9 Å². The van der Waals surface area contributed by atoms with E-state index >= 15 is 0 Å². The topological polar surface area (TPSA) is 114 Å². The first-order valence-electron chi connectivity index (χ1n) is 5.82. The van der Waals surface area contributed by atoms with Gasteiger partial charge in [0, 0.05) is 18.7 Å². The van der Waals surface area contributed by atoms with Gasteiger partial charge in [-0.15, -0.1) is 0 Å². The second kappa shape index (κ2) is 5.55. The van der Waals surface area contributed by atoms with Crippen LogP contribution < -0.4 is 11.1 Å². The molecule has 0 aliphatic heterocycles. The van der Waals surface area contributed by atoms with Crippen LogP contribution in [0.5, 0.6) is 0 Å². The van der Waals surface area contributed by atoms with Crippen LogP contribution in [0.4, 0.5) is 15.8 Å². The van der Waals surface area contributed by atoms with E-state index in [9.17, 15) is 9.18 Å². The Hall–Kier alpha value is -2.64. The van der Waals surface area contributed by atoms with Crippen molar-refractivity contribution in [2.24, 2.45) is 0 Å². The molecule has 2 rings (SSSR count). The molecule has 8 heteroatoms. The third-order valence-electron chi connectivity index (χ3n) is 2.59. The highest BCUT2D eigenvalue weighted by atomic mass is 19.1. The number of carboxylic acids is 1. The van der Waals surface area contributed by atoms with E-state index in [1.807, 2.05) is 0 Å². The maximum Gasteiger partial charge on any atom is 0.337 e. The monoisotopic (exact) mass is 280 g/mol. The number of hydrogen-bond acceptors (Lipinski definition) is 6. The fourth-order valence-electron chi connectivity index (χ4n) is 1.66. The van der Waals surface area contributed by atoms with Gasteiger partial charge >= 0.3 is 5.97 Å². The highest BCUT2D eigenvalue weighted by Crippen LogP contribution is 2.22.